The molecular weight excluding hydrogens is 834 g/mol. The molecule has 7 fully saturated rings. The summed E-state index contributed by atoms with van der Waals surface area (Å²) in [6.45, 7) is -1.91. The Balaban J connectivity index is 0.000000213. The van der Waals surface area contributed by atoms with E-state index in [9.17, 15) is 101 Å². The van der Waals surface area contributed by atoms with E-state index in [-0.39, 0.29) is 58.4 Å². The zero-order valence-corrected chi connectivity index (χ0v) is 29.9. The average Bonchev–Trinajstić information content (AvgIpc) is 3.59. The highest BCUT2D eigenvalue weighted by Crippen LogP contribution is 2.50. The zero-order chi connectivity index (χ0) is 44.7. The number of hydrazine groups is 10. The molecule has 6 atom stereocenters. The van der Waals surface area contributed by atoms with Gasteiger partial charge in [-0.2, -0.15) is 0 Å². The summed E-state index contributed by atoms with van der Waals surface area (Å²) < 4.78 is 0. The Morgan fingerprint density at radius 1 is 0.288 bits per heavy atom. The number of hydrogen-bond acceptors (Lipinski definition) is 23. The second kappa shape index (κ2) is 16.2. The van der Waals surface area contributed by atoms with Crippen LogP contribution in [0, 0.1) is 101 Å². The van der Waals surface area contributed by atoms with Crippen molar-refractivity contribution < 1.29 is 50.3 Å². The Kier molecular flexibility index (Phi) is 11.9. The van der Waals surface area contributed by atoms with E-state index in [1.54, 1.807) is 7.05 Å². The lowest BCUT2D eigenvalue weighted by Gasteiger charge is -2.43. The molecule has 0 radical (unpaired) electrons. The molecular formula is C16H29N23O20. The van der Waals surface area contributed by atoms with Crippen LogP contribution in [0.2, 0.25) is 0 Å². The predicted octanol–water partition coefficient (Wildman–Crippen LogP) is -6.57. The highest BCUT2D eigenvalue weighted by atomic mass is 16.7. The maximum atomic E-state index is 11.7. The van der Waals surface area contributed by atoms with Crippen LogP contribution in [-0.4, -0.2) is 220 Å². The summed E-state index contributed by atoms with van der Waals surface area (Å²) in [4.78, 5) is 115. The summed E-state index contributed by atoms with van der Waals surface area (Å²) in [7, 11) is 4.13. The van der Waals surface area contributed by atoms with Gasteiger partial charge in [0, 0.05) is 0 Å². The van der Waals surface area contributed by atoms with Gasteiger partial charge in [0.1, 0.15) is 26.7 Å². The lowest BCUT2D eigenvalue weighted by atomic mass is 10.2. The molecule has 0 N–H and O–H groups in total. The molecule has 43 heteroatoms. The molecule has 7 aliphatic rings. The van der Waals surface area contributed by atoms with Crippen molar-refractivity contribution in [1.29, 1.82) is 0 Å². The minimum Gasteiger partial charge on any atom is -0.262 e. The molecule has 0 aliphatic carbocycles. The summed E-state index contributed by atoms with van der Waals surface area (Å²) >= 11 is 0. The summed E-state index contributed by atoms with van der Waals surface area (Å²) in [5.74, 6) is 0. The highest BCUT2D eigenvalue weighted by Gasteiger charge is 2.86. The van der Waals surface area contributed by atoms with Gasteiger partial charge in [0.15, 0.2) is 62.7 Å². The van der Waals surface area contributed by atoms with E-state index in [1.165, 1.54) is 16.8 Å². The molecule has 6 unspecified atom stereocenters. The van der Waals surface area contributed by atoms with Gasteiger partial charge in [-0.25, -0.2) is 106 Å². The molecule has 328 valence electrons. The first kappa shape index (κ1) is 43.6. The molecule has 7 aliphatic heterocycles. The van der Waals surface area contributed by atoms with Gasteiger partial charge in [0.05, 0.1) is 0 Å². The number of likely N-dealkylation sites (N-methyl/N-ethyl adjacent to an activating group) is 1. The smallest absolute Gasteiger partial charge is 0.262 e. The van der Waals surface area contributed by atoms with Gasteiger partial charge in [-0.05, 0) is 21.1 Å². The van der Waals surface area contributed by atoms with Crippen molar-refractivity contribution >= 4 is 0 Å². The molecule has 0 aromatic rings. The fraction of sp³-hybridized carbons (Fsp3) is 1.00. The van der Waals surface area contributed by atoms with Crippen LogP contribution in [0.25, 0.3) is 0 Å². The van der Waals surface area contributed by atoms with Crippen LogP contribution in [0.15, 0.2) is 0 Å². The first-order valence-corrected chi connectivity index (χ1v) is 15.5. The average molecular weight is 864 g/mol. The summed E-state index contributed by atoms with van der Waals surface area (Å²) in [6, 6.07) is 0. The topological polar surface area (TPSA) is 474 Å². The van der Waals surface area contributed by atoms with Crippen molar-refractivity contribution in [3.63, 3.8) is 0 Å². The van der Waals surface area contributed by atoms with Gasteiger partial charge in [-0.3, -0.25) is 9.80 Å². The maximum absolute atomic E-state index is 11.7. The number of hydrogen-bond donors (Lipinski definition) is 0. The quantitative estimate of drug-likeness (QED) is 0.145. The SMILES string of the molecule is CN1C2C3N([N+](=O)[O-])C(C4N([N+](=O)[O-])C1C(N4[N+](=O)[O-])N3[N+](=O)[O-])N2[N+](=O)[O-].CN1CN([N+](=O)[O-])CN([N+](=O)[O-])C1.CN1CN([N+](=O)[O-])CN([N+](=O)[O-])CN([N+](=O)[O-])C1. The summed E-state index contributed by atoms with van der Waals surface area (Å²) in [5, 5.41) is 105. The third-order valence-corrected chi connectivity index (χ3v) is 9.04. The van der Waals surface area contributed by atoms with E-state index in [2.05, 4.69) is 0 Å². The van der Waals surface area contributed by atoms with Gasteiger partial charge in [0.2, 0.25) is 20.0 Å². The third-order valence-electron chi connectivity index (χ3n) is 9.04. The van der Waals surface area contributed by atoms with Gasteiger partial charge in [-0.1, -0.05) is 50.1 Å². The Morgan fingerprint density at radius 2 is 0.458 bits per heavy atom. The Hall–Kier alpha value is -8.12. The standard InChI is InChI=1S/C7H9N11O10.C5H11N7O6.C4H9N5O4/c1-8-2-4-11(16(23)24)5-3(8)10(15(21)22)7(13(5)18(27)28)6(9(2)14(19)20)12(4)17(25)26;1-6-2-7(10(13)14)4-9(12(17)18)5-8(3-6)11(15)16;1-5-2-6(8(10)11)4-7(3-5)9(12)13/h2-7H,1H3;2-5H2,1H3;2-4H2,1H3. The number of nitro groups is 10. The molecule has 7 heterocycles. The second-order valence-corrected chi connectivity index (χ2v) is 12.7. The van der Waals surface area contributed by atoms with Gasteiger partial charge < -0.3 is 0 Å². The number of piperazine rings is 1. The lowest BCUT2D eigenvalue weighted by molar-refractivity contribution is -0.755. The molecule has 0 aromatic heterocycles. The Labute approximate surface area is 321 Å². The van der Waals surface area contributed by atoms with Crippen LogP contribution in [0.1, 0.15) is 0 Å². The monoisotopic (exact) mass is 863 g/mol. The Morgan fingerprint density at radius 3 is 0.644 bits per heavy atom. The minimum absolute atomic E-state index is 0.0831. The van der Waals surface area contributed by atoms with Crippen molar-refractivity contribution in [2.24, 2.45) is 0 Å². The van der Waals surface area contributed by atoms with E-state index in [0.717, 1.165) is 22.0 Å². The van der Waals surface area contributed by atoms with Crippen LogP contribution in [0.3, 0.4) is 0 Å². The van der Waals surface area contributed by atoms with Gasteiger partial charge >= 0.3 is 0 Å². The number of nitrogens with zero attached hydrogens (tertiary/aromatic N) is 23. The zero-order valence-electron chi connectivity index (χ0n) is 29.9. The Bertz CT molecular complexity index is 1670. The first-order valence-electron chi connectivity index (χ1n) is 15.5. The largest absolute Gasteiger partial charge is 0.272 e. The fourth-order valence-corrected chi connectivity index (χ4v) is 7.06. The fourth-order valence-electron chi connectivity index (χ4n) is 7.06. The van der Waals surface area contributed by atoms with Crippen LogP contribution in [-0.2, 0) is 0 Å². The van der Waals surface area contributed by atoms with Crippen molar-refractivity contribution in [2.75, 3.05) is 67.8 Å². The number of rotatable bonds is 10. The van der Waals surface area contributed by atoms with Crippen molar-refractivity contribution in [1.82, 2.24) is 64.8 Å². The van der Waals surface area contributed by atoms with E-state index >= 15 is 0 Å². The van der Waals surface area contributed by atoms with Crippen molar-refractivity contribution in [3.05, 3.63) is 101 Å². The predicted molar refractivity (Wildman–Crippen MR) is 168 cm³/mol. The summed E-state index contributed by atoms with van der Waals surface area (Å²) in [6.07, 6.45) is -11.4. The van der Waals surface area contributed by atoms with Crippen LogP contribution in [0.4, 0.5) is 0 Å². The second-order valence-electron chi connectivity index (χ2n) is 12.7. The van der Waals surface area contributed by atoms with E-state index in [1.807, 2.05) is 0 Å². The molecule has 43 nitrogen and oxygen atoms in total. The van der Waals surface area contributed by atoms with Gasteiger partial charge in [-0.15, -0.1) is 0 Å². The van der Waals surface area contributed by atoms with E-state index in [4.69, 9.17) is 0 Å². The third kappa shape index (κ3) is 7.96. The summed E-state index contributed by atoms with van der Waals surface area (Å²) in [5.41, 5.74) is 0. The van der Waals surface area contributed by atoms with Crippen molar-refractivity contribution in [3.8, 4) is 0 Å². The molecule has 0 amide bonds. The van der Waals surface area contributed by atoms with E-state index < -0.39 is 101 Å². The van der Waals surface area contributed by atoms with Gasteiger partial charge in [0.25, 0.3) is 24.7 Å². The molecule has 7 rings (SSSR count). The molecule has 0 aromatic carbocycles. The molecule has 6 bridgehead atoms. The lowest BCUT2D eigenvalue weighted by Crippen LogP contribution is -2.75. The van der Waals surface area contributed by atoms with Crippen molar-refractivity contribution in [2.45, 2.75) is 37.0 Å². The van der Waals surface area contributed by atoms with Crippen LogP contribution < -0.4 is 0 Å². The van der Waals surface area contributed by atoms with Crippen LogP contribution in [0.5, 0.6) is 0 Å². The molecule has 7 saturated heterocycles. The highest BCUT2D eigenvalue weighted by molar-refractivity contribution is 5.10. The van der Waals surface area contributed by atoms with Crippen LogP contribution >= 0.6 is 0 Å². The van der Waals surface area contributed by atoms with E-state index in [0.29, 0.717) is 15.0 Å². The molecule has 59 heavy (non-hydrogen) atoms. The molecule has 0 saturated carbocycles. The normalized spacial score (nSPS) is 26.6. The molecule has 0 spiro atoms. The maximum Gasteiger partial charge on any atom is 0.272 e. The minimum atomic E-state index is -2.15. The first-order chi connectivity index (χ1) is 27.3.